The van der Waals surface area contributed by atoms with E-state index in [9.17, 15) is 0 Å². The Hall–Kier alpha value is -1.76. The van der Waals surface area contributed by atoms with Crippen molar-refractivity contribution in [2.45, 2.75) is 18.6 Å². The van der Waals surface area contributed by atoms with E-state index in [4.69, 9.17) is 13.9 Å². The molecule has 0 saturated carbocycles. The molecule has 1 aliphatic rings. The van der Waals surface area contributed by atoms with E-state index < -0.39 is 0 Å². The highest BCUT2D eigenvalue weighted by molar-refractivity contribution is 5.51. The third kappa shape index (κ3) is 3.29. The van der Waals surface area contributed by atoms with Crippen LogP contribution in [0.1, 0.15) is 12.3 Å². The molecule has 0 spiro atoms. The highest BCUT2D eigenvalue weighted by Gasteiger charge is 2.34. The molecule has 1 aromatic heterocycles. The zero-order valence-corrected chi connectivity index (χ0v) is 12.0. The summed E-state index contributed by atoms with van der Waals surface area (Å²) >= 11 is 0. The lowest BCUT2D eigenvalue weighted by atomic mass is 10.0. The minimum atomic E-state index is -0.234. The number of hydrogen-bond donors (Lipinski definition) is 1. The van der Waals surface area contributed by atoms with Crippen LogP contribution in [0.4, 0.5) is 0 Å². The van der Waals surface area contributed by atoms with Crippen LogP contribution in [0.15, 0.2) is 34.7 Å². The summed E-state index contributed by atoms with van der Waals surface area (Å²) < 4.78 is 16.6. The quantitative estimate of drug-likeness (QED) is 0.871. The average Bonchev–Trinajstić information content (AvgIpc) is 3.18. The summed E-state index contributed by atoms with van der Waals surface area (Å²) in [6.07, 6.45) is 0.898. The molecule has 1 saturated heterocycles. The molecular formula is C15H19N3O3. The van der Waals surface area contributed by atoms with Gasteiger partial charge in [0.2, 0.25) is 11.8 Å². The van der Waals surface area contributed by atoms with Crippen LogP contribution < -0.4 is 5.32 Å². The Morgan fingerprint density at radius 3 is 2.86 bits per heavy atom. The van der Waals surface area contributed by atoms with Gasteiger partial charge in [0, 0.05) is 32.2 Å². The predicted molar refractivity (Wildman–Crippen MR) is 76.6 cm³/mol. The molecule has 112 valence electrons. The van der Waals surface area contributed by atoms with Crippen LogP contribution >= 0.6 is 0 Å². The minimum absolute atomic E-state index is 0.234. The first kappa shape index (κ1) is 14.2. The van der Waals surface area contributed by atoms with Crippen molar-refractivity contribution in [3.8, 4) is 11.5 Å². The van der Waals surface area contributed by atoms with E-state index in [0.29, 0.717) is 31.5 Å². The van der Waals surface area contributed by atoms with Gasteiger partial charge < -0.3 is 19.2 Å². The lowest BCUT2D eigenvalue weighted by Crippen LogP contribution is -2.42. The number of methoxy groups -OCH3 is 1. The van der Waals surface area contributed by atoms with E-state index in [1.54, 1.807) is 7.11 Å². The first-order chi connectivity index (χ1) is 10.3. The number of hydrogen-bond acceptors (Lipinski definition) is 6. The largest absolute Gasteiger partial charge is 0.419 e. The molecule has 0 aliphatic carbocycles. The van der Waals surface area contributed by atoms with E-state index >= 15 is 0 Å². The topological polar surface area (TPSA) is 69.4 Å². The Kier molecular flexibility index (Phi) is 4.28. The fourth-order valence-corrected chi connectivity index (χ4v) is 2.38. The summed E-state index contributed by atoms with van der Waals surface area (Å²) in [6, 6.07) is 9.73. The molecular weight excluding hydrogens is 270 g/mol. The maximum Gasteiger partial charge on any atom is 0.247 e. The van der Waals surface area contributed by atoms with Crippen LogP contribution in [0.3, 0.4) is 0 Å². The van der Waals surface area contributed by atoms with E-state index in [0.717, 1.165) is 18.6 Å². The monoisotopic (exact) mass is 289 g/mol. The van der Waals surface area contributed by atoms with Gasteiger partial charge in [0.25, 0.3) is 0 Å². The zero-order valence-electron chi connectivity index (χ0n) is 12.0. The van der Waals surface area contributed by atoms with Gasteiger partial charge >= 0.3 is 0 Å². The lowest BCUT2D eigenvalue weighted by molar-refractivity contribution is -0.0162. The molecule has 21 heavy (non-hydrogen) atoms. The van der Waals surface area contributed by atoms with Crippen molar-refractivity contribution < 1.29 is 13.9 Å². The molecule has 2 aromatic rings. The Labute approximate surface area is 123 Å². The van der Waals surface area contributed by atoms with E-state index in [1.807, 2.05) is 30.3 Å². The predicted octanol–water partition coefficient (Wildman–Crippen LogP) is 1.63. The molecule has 2 heterocycles. The van der Waals surface area contributed by atoms with Crippen molar-refractivity contribution in [3.05, 3.63) is 36.2 Å². The second kappa shape index (κ2) is 6.34. The fraction of sp³-hybridized carbons (Fsp3) is 0.467. The average molecular weight is 289 g/mol. The van der Waals surface area contributed by atoms with Crippen LogP contribution in [0.25, 0.3) is 11.5 Å². The van der Waals surface area contributed by atoms with Gasteiger partial charge in [-0.1, -0.05) is 18.2 Å². The molecule has 1 aliphatic heterocycles. The Morgan fingerprint density at radius 1 is 1.29 bits per heavy atom. The lowest BCUT2D eigenvalue weighted by Gasteiger charge is -2.25. The molecule has 3 rings (SSSR count). The fourth-order valence-electron chi connectivity index (χ4n) is 2.38. The summed E-state index contributed by atoms with van der Waals surface area (Å²) in [5.74, 6) is 1.11. The van der Waals surface area contributed by atoms with Crippen LogP contribution in [-0.2, 0) is 16.0 Å². The second-order valence-electron chi connectivity index (χ2n) is 5.16. The van der Waals surface area contributed by atoms with Crippen molar-refractivity contribution in [1.82, 2.24) is 15.5 Å². The van der Waals surface area contributed by atoms with Crippen LogP contribution in [0.5, 0.6) is 0 Å². The molecule has 0 radical (unpaired) electrons. The smallest absolute Gasteiger partial charge is 0.247 e. The summed E-state index contributed by atoms with van der Waals surface area (Å²) in [5.41, 5.74) is 0.691. The molecule has 1 fully saturated rings. The molecule has 0 amide bonds. The number of nitrogens with one attached hydrogen (secondary N) is 1. The third-order valence-electron chi connectivity index (χ3n) is 3.71. The van der Waals surface area contributed by atoms with Crippen molar-refractivity contribution in [2.24, 2.45) is 0 Å². The van der Waals surface area contributed by atoms with Gasteiger partial charge in [-0.3, -0.25) is 0 Å². The number of ether oxygens (including phenoxy) is 2. The van der Waals surface area contributed by atoms with E-state index in [-0.39, 0.29) is 5.60 Å². The first-order valence-corrected chi connectivity index (χ1v) is 7.03. The van der Waals surface area contributed by atoms with Gasteiger partial charge in [0.15, 0.2) is 0 Å². The maximum atomic E-state index is 5.64. The first-order valence-electron chi connectivity index (χ1n) is 7.03. The number of nitrogens with zero attached hydrogens (tertiary/aromatic N) is 2. The molecule has 1 unspecified atom stereocenters. The standard InChI is InChI=1S/C15H19N3O3/c1-19-15(7-8-20-11-15)10-16-9-13-17-18-14(21-13)12-5-3-2-4-6-12/h2-6,16H,7-11H2,1H3. The van der Waals surface area contributed by atoms with Crippen LogP contribution in [0, 0.1) is 0 Å². The zero-order chi connectivity index (χ0) is 14.5. The Morgan fingerprint density at radius 2 is 2.14 bits per heavy atom. The van der Waals surface area contributed by atoms with E-state index in [2.05, 4.69) is 15.5 Å². The van der Waals surface area contributed by atoms with Gasteiger partial charge in [0.1, 0.15) is 5.60 Å². The van der Waals surface area contributed by atoms with Crippen LogP contribution in [-0.4, -0.2) is 42.7 Å². The summed E-state index contributed by atoms with van der Waals surface area (Å²) in [6.45, 7) is 2.58. The number of benzene rings is 1. The van der Waals surface area contributed by atoms with Crippen molar-refractivity contribution in [2.75, 3.05) is 26.9 Å². The summed E-state index contributed by atoms with van der Waals surface area (Å²) in [4.78, 5) is 0. The van der Waals surface area contributed by atoms with Gasteiger partial charge in [0.05, 0.1) is 13.2 Å². The third-order valence-corrected chi connectivity index (χ3v) is 3.71. The highest BCUT2D eigenvalue weighted by Crippen LogP contribution is 2.22. The SMILES string of the molecule is COC1(CNCc2nnc(-c3ccccc3)o2)CCOC1. The maximum absolute atomic E-state index is 5.64. The highest BCUT2D eigenvalue weighted by atomic mass is 16.5. The molecule has 6 nitrogen and oxygen atoms in total. The van der Waals surface area contributed by atoms with Gasteiger partial charge in [-0.25, -0.2) is 0 Å². The minimum Gasteiger partial charge on any atom is -0.419 e. The Bertz CT molecular complexity index is 565. The number of aromatic nitrogens is 2. The molecule has 1 aromatic carbocycles. The molecule has 6 heteroatoms. The Balaban J connectivity index is 1.56. The molecule has 1 N–H and O–H groups in total. The number of rotatable bonds is 6. The van der Waals surface area contributed by atoms with Gasteiger partial charge in [-0.05, 0) is 12.1 Å². The van der Waals surface area contributed by atoms with Crippen molar-refractivity contribution >= 4 is 0 Å². The molecule has 0 bridgehead atoms. The van der Waals surface area contributed by atoms with Gasteiger partial charge in [-0.15, -0.1) is 10.2 Å². The summed E-state index contributed by atoms with van der Waals surface area (Å²) in [7, 11) is 1.72. The second-order valence-corrected chi connectivity index (χ2v) is 5.16. The van der Waals surface area contributed by atoms with Crippen molar-refractivity contribution in [1.29, 1.82) is 0 Å². The molecule has 1 atom stereocenters. The normalized spacial score (nSPS) is 21.8. The van der Waals surface area contributed by atoms with Crippen LogP contribution in [0.2, 0.25) is 0 Å². The van der Waals surface area contributed by atoms with Gasteiger partial charge in [-0.2, -0.15) is 0 Å². The van der Waals surface area contributed by atoms with E-state index in [1.165, 1.54) is 0 Å². The summed E-state index contributed by atoms with van der Waals surface area (Å²) in [5, 5.41) is 11.4. The van der Waals surface area contributed by atoms with Crippen molar-refractivity contribution in [3.63, 3.8) is 0 Å².